The molecule has 0 bridgehead atoms. The minimum Gasteiger partial charge on any atom is -0.322 e. The van der Waals surface area contributed by atoms with Gasteiger partial charge in [0.15, 0.2) is 0 Å². The molecule has 1 heterocycles. The molecule has 0 radical (unpaired) electrons. The van der Waals surface area contributed by atoms with Crippen LogP contribution >= 0.6 is 31.9 Å². The maximum atomic E-state index is 12.2. The van der Waals surface area contributed by atoms with Gasteiger partial charge in [-0.25, -0.2) is 0 Å². The number of hydrogen-bond acceptors (Lipinski definition) is 2. The molecule has 98 valence electrons. The zero-order valence-corrected chi connectivity index (χ0v) is 13.4. The van der Waals surface area contributed by atoms with E-state index in [0.29, 0.717) is 5.56 Å². The number of hydrogen-bond donors (Lipinski definition) is 1. The van der Waals surface area contributed by atoms with Crippen molar-refractivity contribution in [3.63, 3.8) is 0 Å². The van der Waals surface area contributed by atoms with E-state index < -0.39 is 0 Å². The maximum Gasteiger partial charge on any atom is 0.257 e. The summed E-state index contributed by atoms with van der Waals surface area (Å²) >= 11 is 6.82. The molecule has 1 amide bonds. The van der Waals surface area contributed by atoms with E-state index in [-0.39, 0.29) is 10.7 Å². The molecule has 1 atom stereocenters. The number of rotatable bonds is 3. The third-order valence-corrected chi connectivity index (χ3v) is 3.53. The van der Waals surface area contributed by atoms with Gasteiger partial charge >= 0.3 is 0 Å². The smallest absolute Gasteiger partial charge is 0.257 e. The number of alkyl halides is 1. The topological polar surface area (TPSA) is 42.0 Å². The van der Waals surface area contributed by atoms with E-state index in [2.05, 4.69) is 42.2 Å². The zero-order valence-electron chi connectivity index (χ0n) is 10.2. The number of benzene rings is 1. The number of amides is 1. The van der Waals surface area contributed by atoms with Crippen molar-refractivity contribution in [1.82, 2.24) is 4.98 Å². The number of aromatic nitrogens is 1. The number of nitrogens with one attached hydrogen (secondary N) is 1. The molecule has 0 saturated carbocycles. The summed E-state index contributed by atoms with van der Waals surface area (Å²) in [5, 5.41) is 2.91. The highest BCUT2D eigenvalue weighted by atomic mass is 79.9. The second-order valence-electron chi connectivity index (χ2n) is 4.05. The fraction of sp³-hybridized carbons (Fsp3) is 0.143. The van der Waals surface area contributed by atoms with Gasteiger partial charge in [0.05, 0.1) is 5.56 Å². The lowest BCUT2D eigenvalue weighted by atomic mass is 10.1. The number of nitrogens with zero attached hydrogens (tertiary/aromatic N) is 1. The third kappa shape index (κ3) is 3.64. The lowest BCUT2D eigenvalue weighted by Gasteiger charge is -2.12. The van der Waals surface area contributed by atoms with Crippen LogP contribution in [0.5, 0.6) is 0 Å². The Bertz CT molecular complexity index is 600. The van der Waals surface area contributed by atoms with Crippen LogP contribution in [0.1, 0.15) is 27.7 Å². The molecular weight excluding hydrogens is 372 g/mol. The highest BCUT2D eigenvalue weighted by molar-refractivity contribution is 9.10. The SMILES string of the molecule is CC(Br)c1ccccc1NC(=O)c1cncc(Br)c1. The van der Waals surface area contributed by atoms with Crippen LogP contribution < -0.4 is 5.32 Å². The van der Waals surface area contributed by atoms with Crippen molar-refractivity contribution in [3.05, 3.63) is 58.3 Å². The summed E-state index contributed by atoms with van der Waals surface area (Å²) in [5.74, 6) is -0.172. The molecule has 1 unspecified atom stereocenters. The molecule has 5 heteroatoms. The Morgan fingerprint density at radius 2 is 2.05 bits per heavy atom. The van der Waals surface area contributed by atoms with Crippen LogP contribution in [0.15, 0.2) is 47.2 Å². The normalized spacial score (nSPS) is 11.9. The fourth-order valence-corrected chi connectivity index (χ4v) is 2.45. The minimum atomic E-state index is -0.172. The van der Waals surface area contributed by atoms with Crippen molar-refractivity contribution in [2.75, 3.05) is 5.32 Å². The predicted molar refractivity (Wildman–Crippen MR) is 83.7 cm³/mol. The van der Waals surface area contributed by atoms with Gasteiger partial charge in [0.1, 0.15) is 0 Å². The van der Waals surface area contributed by atoms with Gasteiger partial charge in [0, 0.05) is 27.4 Å². The number of carbonyl (C=O) groups excluding carboxylic acids is 1. The van der Waals surface area contributed by atoms with Crippen LogP contribution in [-0.2, 0) is 0 Å². The molecule has 0 aliphatic carbocycles. The first-order chi connectivity index (χ1) is 9.08. The van der Waals surface area contributed by atoms with E-state index in [4.69, 9.17) is 0 Å². The molecule has 19 heavy (non-hydrogen) atoms. The average molecular weight is 384 g/mol. The summed E-state index contributed by atoms with van der Waals surface area (Å²) in [6, 6.07) is 9.45. The molecule has 2 rings (SSSR count). The van der Waals surface area contributed by atoms with Crippen LogP contribution in [0.2, 0.25) is 0 Å². The van der Waals surface area contributed by atoms with E-state index in [9.17, 15) is 4.79 Å². The Morgan fingerprint density at radius 1 is 1.32 bits per heavy atom. The molecule has 0 spiro atoms. The molecule has 1 aromatic heterocycles. The van der Waals surface area contributed by atoms with E-state index in [1.807, 2.05) is 31.2 Å². The van der Waals surface area contributed by atoms with Gasteiger partial charge in [-0.15, -0.1) is 0 Å². The first-order valence-corrected chi connectivity index (χ1v) is 7.43. The molecule has 1 aromatic carbocycles. The Morgan fingerprint density at radius 3 is 2.74 bits per heavy atom. The molecule has 2 aromatic rings. The second kappa shape index (κ2) is 6.30. The Balaban J connectivity index is 2.24. The summed E-state index contributed by atoms with van der Waals surface area (Å²) in [6.45, 7) is 2.02. The van der Waals surface area contributed by atoms with Gasteiger partial charge in [-0.1, -0.05) is 34.1 Å². The summed E-state index contributed by atoms with van der Waals surface area (Å²) < 4.78 is 0.780. The standard InChI is InChI=1S/C14H12Br2N2O/c1-9(15)12-4-2-3-5-13(12)18-14(19)10-6-11(16)8-17-7-10/h2-9H,1H3,(H,18,19). The van der Waals surface area contributed by atoms with Crippen LogP contribution in [0.25, 0.3) is 0 Å². The van der Waals surface area contributed by atoms with Gasteiger partial charge in [0.25, 0.3) is 5.91 Å². The summed E-state index contributed by atoms with van der Waals surface area (Å²) in [5.41, 5.74) is 2.36. The van der Waals surface area contributed by atoms with Gasteiger partial charge in [0.2, 0.25) is 0 Å². The molecule has 0 aliphatic rings. The second-order valence-corrected chi connectivity index (χ2v) is 6.34. The maximum absolute atomic E-state index is 12.2. The number of para-hydroxylation sites is 1. The highest BCUT2D eigenvalue weighted by Crippen LogP contribution is 2.28. The predicted octanol–water partition coefficient (Wildman–Crippen LogP) is 4.55. The molecule has 0 aliphatic heterocycles. The minimum absolute atomic E-state index is 0.171. The molecule has 3 nitrogen and oxygen atoms in total. The quantitative estimate of drug-likeness (QED) is 0.789. The molecular formula is C14H12Br2N2O. The Kier molecular flexibility index (Phi) is 4.71. The molecule has 1 N–H and O–H groups in total. The largest absolute Gasteiger partial charge is 0.322 e. The number of carbonyl (C=O) groups is 1. The van der Waals surface area contributed by atoms with Crippen molar-refractivity contribution < 1.29 is 4.79 Å². The summed E-state index contributed by atoms with van der Waals surface area (Å²) in [4.78, 5) is 16.3. The number of halogens is 2. The van der Waals surface area contributed by atoms with E-state index in [1.165, 1.54) is 0 Å². The van der Waals surface area contributed by atoms with Gasteiger partial charge in [-0.3, -0.25) is 9.78 Å². The molecule has 0 saturated heterocycles. The van der Waals surface area contributed by atoms with Crippen molar-refractivity contribution in [3.8, 4) is 0 Å². The Hall–Kier alpha value is -1.20. The van der Waals surface area contributed by atoms with Crippen molar-refractivity contribution in [2.45, 2.75) is 11.8 Å². The van der Waals surface area contributed by atoms with E-state index in [0.717, 1.165) is 15.7 Å². The van der Waals surface area contributed by atoms with Crippen LogP contribution in [-0.4, -0.2) is 10.9 Å². The lowest BCUT2D eigenvalue weighted by Crippen LogP contribution is -2.13. The third-order valence-electron chi connectivity index (χ3n) is 2.60. The van der Waals surface area contributed by atoms with E-state index in [1.54, 1.807) is 18.5 Å². The lowest BCUT2D eigenvalue weighted by molar-refractivity contribution is 0.102. The fourth-order valence-electron chi connectivity index (χ4n) is 1.69. The zero-order chi connectivity index (χ0) is 13.8. The Labute approximate surface area is 128 Å². The first-order valence-electron chi connectivity index (χ1n) is 5.73. The van der Waals surface area contributed by atoms with Crippen molar-refractivity contribution in [2.24, 2.45) is 0 Å². The van der Waals surface area contributed by atoms with Gasteiger partial charge in [-0.05, 0) is 40.5 Å². The monoisotopic (exact) mass is 382 g/mol. The number of anilines is 1. The number of pyridine rings is 1. The van der Waals surface area contributed by atoms with Crippen LogP contribution in [0, 0.1) is 0 Å². The van der Waals surface area contributed by atoms with Crippen molar-refractivity contribution >= 4 is 43.5 Å². The van der Waals surface area contributed by atoms with Crippen LogP contribution in [0.3, 0.4) is 0 Å². The van der Waals surface area contributed by atoms with Gasteiger partial charge in [-0.2, -0.15) is 0 Å². The van der Waals surface area contributed by atoms with Gasteiger partial charge < -0.3 is 5.32 Å². The van der Waals surface area contributed by atoms with Crippen LogP contribution in [0.4, 0.5) is 5.69 Å². The van der Waals surface area contributed by atoms with E-state index >= 15 is 0 Å². The summed E-state index contributed by atoms with van der Waals surface area (Å²) in [7, 11) is 0. The van der Waals surface area contributed by atoms with Crippen molar-refractivity contribution in [1.29, 1.82) is 0 Å². The molecule has 0 fully saturated rings. The average Bonchev–Trinajstić information content (AvgIpc) is 2.39. The highest BCUT2D eigenvalue weighted by Gasteiger charge is 2.11. The summed E-state index contributed by atoms with van der Waals surface area (Å²) in [6.07, 6.45) is 3.19. The first kappa shape index (κ1) is 14.2.